The third-order valence-corrected chi connectivity index (χ3v) is 3.52. The zero-order valence-electron chi connectivity index (χ0n) is 10.8. The highest BCUT2D eigenvalue weighted by Crippen LogP contribution is 2.22. The quantitative estimate of drug-likeness (QED) is 0.796. The standard InChI is InChI=1S/C13H22N4O/c14-12-9-16-17(10-12)8-7-15-13(18)11-5-3-1-2-4-6-11/h9-11H,1-8,14H2,(H,15,18). The van der Waals surface area contributed by atoms with Crippen LogP contribution in [0.2, 0.25) is 0 Å². The van der Waals surface area contributed by atoms with Gasteiger partial charge in [-0.15, -0.1) is 0 Å². The van der Waals surface area contributed by atoms with Gasteiger partial charge in [0, 0.05) is 18.7 Å². The summed E-state index contributed by atoms with van der Waals surface area (Å²) in [5.74, 6) is 0.423. The molecule has 1 aliphatic rings. The van der Waals surface area contributed by atoms with E-state index in [9.17, 15) is 4.79 Å². The Bertz CT molecular complexity index is 380. The minimum Gasteiger partial charge on any atom is -0.396 e. The maximum absolute atomic E-state index is 12.0. The second-order valence-electron chi connectivity index (χ2n) is 5.02. The maximum Gasteiger partial charge on any atom is 0.223 e. The van der Waals surface area contributed by atoms with Crippen molar-refractivity contribution in [2.45, 2.75) is 45.1 Å². The Morgan fingerprint density at radius 2 is 2.11 bits per heavy atom. The Labute approximate surface area is 108 Å². The van der Waals surface area contributed by atoms with Crippen molar-refractivity contribution in [2.75, 3.05) is 12.3 Å². The van der Waals surface area contributed by atoms with E-state index in [1.807, 2.05) is 0 Å². The number of aromatic nitrogens is 2. The van der Waals surface area contributed by atoms with Gasteiger partial charge in [0.05, 0.1) is 18.4 Å². The number of amides is 1. The van der Waals surface area contributed by atoms with Gasteiger partial charge in [0.2, 0.25) is 5.91 Å². The lowest BCUT2D eigenvalue weighted by Gasteiger charge is -2.13. The van der Waals surface area contributed by atoms with Gasteiger partial charge in [-0.2, -0.15) is 5.10 Å². The Hall–Kier alpha value is -1.52. The zero-order valence-corrected chi connectivity index (χ0v) is 10.8. The molecule has 0 aliphatic heterocycles. The first kappa shape index (κ1) is 12.9. The van der Waals surface area contributed by atoms with E-state index in [1.54, 1.807) is 17.1 Å². The number of hydrogen-bond acceptors (Lipinski definition) is 3. The molecule has 2 rings (SSSR count). The number of rotatable bonds is 4. The van der Waals surface area contributed by atoms with Crippen LogP contribution in [0.25, 0.3) is 0 Å². The maximum atomic E-state index is 12.0. The second kappa shape index (κ2) is 6.42. The molecule has 0 radical (unpaired) electrons. The first-order valence-electron chi connectivity index (χ1n) is 6.81. The molecule has 1 fully saturated rings. The van der Waals surface area contributed by atoms with E-state index in [1.165, 1.54) is 25.7 Å². The van der Waals surface area contributed by atoms with Crippen LogP contribution in [-0.4, -0.2) is 22.2 Å². The second-order valence-corrected chi connectivity index (χ2v) is 5.02. The smallest absolute Gasteiger partial charge is 0.223 e. The molecule has 5 nitrogen and oxygen atoms in total. The normalized spacial score (nSPS) is 17.3. The number of carbonyl (C=O) groups is 1. The number of anilines is 1. The molecular formula is C13H22N4O. The van der Waals surface area contributed by atoms with Crippen molar-refractivity contribution in [3.05, 3.63) is 12.4 Å². The molecule has 0 aromatic carbocycles. The van der Waals surface area contributed by atoms with Crippen LogP contribution in [0, 0.1) is 5.92 Å². The highest BCUT2D eigenvalue weighted by Gasteiger charge is 2.19. The number of carbonyl (C=O) groups excluding carboxylic acids is 1. The summed E-state index contributed by atoms with van der Waals surface area (Å²) < 4.78 is 1.75. The molecule has 1 saturated carbocycles. The molecule has 0 bridgehead atoms. The van der Waals surface area contributed by atoms with Crippen LogP contribution in [0.1, 0.15) is 38.5 Å². The fraction of sp³-hybridized carbons (Fsp3) is 0.692. The van der Waals surface area contributed by atoms with Gasteiger partial charge in [-0.3, -0.25) is 9.48 Å². The third kappa shape index (κ3) is 3.75. The fourth-order valence-electron chi connectivity index (χ4n) is 2.48. The molecule has 0 saturated heterocycles. The van der Waals surface area contributed by atoms with Gasteiger partial charge >= 0.3 is 0 Å². The lowest BCUT2D eigenvalue weighted by atomic mass is 9.99. The van der Waals surface area contributed by atoms with Crippen molar-refractivity contribution in [3.63, 3.8) is 0 Å². The molecule has 3 N–H and O–H groups in total. The van der Waals surface area contributed by atoms with Gasteiger partial charge in [-0.05, 0) is 12.8 Å². The SMILES string of the molecule is Nc1cnn(CCNC(=O)C2CCCCCC2)c1. The van der Waals surface area contributed by atoms with Gasteiger partial charge in [0.15, 0.2) is 0 Å². The molecule has 18 heavy (non-hydrogen) atoms. The summed E-state index contributed by atoms with van der Waals surface area (Å²) in [6, 6.07) is 0. The summed E-state index contributed by atoms with van der Waals surface area (Å²) in [5.41, 5.74) is 6.23. The van der Waals surface area contributed by atoms with Gasteiger partial charge in [0.1, 0.15) is 0 Å². The molecule has 100 valence electrons. The predicted octanol–water partition coefficient (Wildman–Crippen LogP) is 1.55. The van der Waals surface area contributed by atoms with E-state index in [0.29, 0.717) is 18.8 Å². The van der Waals surface area contributed by atoms with Crippen molar-refractivity contribution >= 4 is 11.6 Å². The van der Waals surface area contributed by atoms with Gasteiger partial charge < -0.3 is 11.1 Å². The Morgan fingerprint density at radius 3 is 2.72 bits per heavy atom. The van der Waals surface area contributed by atoms with Crippen LogP contribution in [0.5, 0.6) is 0 Å². The lowest BCUT2D eigenvalue weighted by molar-refractivity contribution is -0.125. The van der Waals surface area contributed by atoms with Crippen LogP contribution in [0.15, 0.2) is 12.4 Å². The Kier molecular flexibility index (Phi) is 4.61. The van der Waals surface area contributed by atoms with Crippen LogP contribution in [0.4, 0.5) is 5.69 Å². The van der Waals surface area contributed by atoms with E-state index in [4.69, 9.17) is 5.73 Å². The van der Waals surface area contributed by atoms with Crippen LogP contribution < -0.4 is 11.1 Å². The fourth-order valence-corrected chi connectivity index (χ4v) is 2.48. The molecule has 0 atom stereocenters. The number of nitrogens with one attached hydrogen (secondary N) is 1. The minimum absolute atomic E-state index is 0.206. The van der Waals surface area contributed by atoms with E-state index < -0.39 is 0 Å². The Morgan fingerprint density at radius 1 is 1.39 bits per heavy atom. The number of nitrogens with two attached hydrogens (primary N) is 1. The average Bonchev–Trinajstić information content (AvgIpc) is 2.63. The topological polar surface area (TPSA) is 72.9 Å². The summed E-state index contributed by atoms with van der Waals surface area (Å²) in [6.07, 6.45) is 10.4. The summed E-state index contributed by atoms with van der Waals surface area (Å²) in [4.78, 5) is 12.0. The van der Waals surface area contributed by atoms with Crippen molar-refractivity contribution in [3.8, 4) is 0 Å². The van der Waals surface area contributed by atoms with Crippen molar-refractivity contribution in [2.24, 2.45) is 5.92 Å². The largest absolute Gasteiger partial charge is 0.396 e. The molecule has 1 aromatic heterocycles. The van der Waals surface area contributed by atoms with Crippen molar-refractivity contribution in [1.29, 1.82) is 0 Å². The summed E-state index contributed by atoms with van der Waals surface area (Å²) >= 11 is 0. The summed E-state index contributed by atoms with van der Waals surface area (Å²) in [6.45, 7) is 1.30. The number of hydrogen-bond donors (Lipinski definition) is 2. The van der Waals surface area contributed by atoms with E-state index >= 15 is 0 Å². The van der Waals surface area contributed by atoms with Gasteiger partial charge in [-0.1, -0.05) is 25.7 Å². The molecule has 1 aromatic rings. The first-order valence-corrected chi connectivity index (χ1v) is 6.81. The molecule has 0 spiro atoms. The minimum atomic E-state index is 0.206. The molecule has 1 aliphatic carbocycles. The van der Waals surface area contributed by atoms with E-state index in [-0.39, 0.29) is 11.8 Å². The molecule has 1 amide bonds. The highest BCUT2D eigenvalue weighted by atomic mass is 16.1. The zero-order chi connectivity index (χ0) is 12.8. The van der Waals surface area contributed by atoms with Crippen LogP contribution in [-0.2, 0) is 11.3 Å². The highest BCUT2D eigenvalue weighted by molar-refractivity contribution is 5.78. The molecule has 5 heteroatoms. The average molecular weight is 250 g/mol. The first-order chi connectivity index (χ1) is 8.75. The van der Waals surface area contributed by atoms with E-state index in [0.717, 1.165) is 12.8 Å². The lowest BCUT2D eigenvalue weighted by Crippen LogP contribution is -2.33. The van der Waals surface area contributed by atoms with Crippen LogP contribution >= 0.6 is 0 Å². The predicted molar refractivity (Wildman–Crippen MR) is 70.8 cm³/mol. The van der Waals surface area contributed by atoms with Crippen LogP contribution in [0.3, 0.4) is 0 Å². The molecule has 0 unspecified atom stereocenters. The monoisotopic (exact) mass is 250 g/mol. The van der Waals surface area contributed by atoms with Gasteiger partial charge in [-0.25, -0.2) is 0 Å². The molecule has 1 heterocycles. The summed E-state index contributed by atoms with van der Waals surface area (Å²) in [5, 5.41) is 7.08. The summed E-state index contributed by atoms with van der Waals surface area (Å²) in [7, 11) is 0. The Balaban J connectivity index is 1.70. The third-order valence-electron chi connectivity index (χ3n) is 3.52. The number of nitrogen functional groups attached to an aromatic ring is 1. The number of nitrogens with zero attached hydrogens (tertiary/aromatic N) is 2. The molecular weight excluding hydrogens is 228 g/mol. The van der Waals surface area contributed by atoms with Crippen molar-refractivity contribution < 1.29 is 4.79 Å². The van der Waals surface area contributed by atoms with E-state index in [2.05, 4.69) is 10.4 Å². The van der Waals surface area contributed by atoms with Crippen molar-refractivity contribution in [1.82, 2.24) is 15.1 Å². The van der Waals surface area contributed by atoms with Gasteiger partial charge in [0.25, 0.3) is 0 Å².